The Bertz CT molecular complexity index is 421. The maximum absolute atomic E-state index is 12.1. The molecule has 0 atom stereocenters. The summed E-state index contributed by atoms with van der Waals surface area (Å²) in [4.78, 5) is 25.2. The van der Waals surface area contributed by atoms with Gasteiger partial charge < -0.3 is 5.32 Å². The van der Waals surface area contributed by atoms with E-state index in [-0.39, 0.29) is 11.9 Å². The lowest BCUT2D eigenvalue weighted by Crippen LogP contribution is -2.40. The summed E-state index contributed by atoms with van der Waals surface area (Å²) in [6.07, 6.45) is 21.3. The van der Waals surface area contributed by atoms with Gasteiger partial charge in [0.05, 0.1) is 0 Å². The first kappa shape index (κ1) is 24.0. The van der Waals surface area contributed by atoms with Crippen LogP contribution in [0.1, 0.15) is 124 Å². The lowest BCUT2D eigenvalue weighted by Gasteiger charge is -2.15. The van der Waals surface area contributed by atoms with Crippen molar-refractivity contribution in [2.45, 2.75) is 129 Å². The lowest BCUT2D eigenvalue weighted by atomic mass is 10.0. The molecule has 1 aliphatic heterocycles. The number of nitrogens with one attached hydrogen (secondary N) is 1. The topological polar surface area (TPSA) is 49.4 Å². The van der Waals surface area contributed by atoms with Crippen molar-refractivity contribution in [2.24, 2.45) is 0 Å². The van der Waals surface area contributed by atoms with Gasteiger partial charge in [0.15, 0.2) is 0 Å². The van der Waals surface area contributed by atoms with Crippen molar-refractivity contribution >= 4 is 11.9 Å². The van der Waals surface area contributed by atoms with E-state index in [9.17, 15) is 9.59 Å². The summed E-state index contributed by atoms with van der Waals surface area (Å²) < 4.78 is 0. The van der Waals surface area contributed by atoms with Crippen molar-refractivity contribution in [1.29, 1.82) is 0 Å². The van der Waals surface area contributed by atoms with Crippen LogP contribution in [0.15, 0.2) is 0 Å². The zero-order chi connectivity index (χ0) is 20.0. The minimum atomic E-state index is -0.730. The second kappa shape index (κ2) is 14.0. The highest BCUT2D eigenvalue weighted by Gasteiger charge is 2.43. The van der Waals surface area contributed by atoms with Gasteiger partial charge in [0.25, 0.3) is 5.91 Å². The summed E-state index contributed by atoms with van der Waals surface area (Å²) in [5.41, 5.74) is -0.730. The largest absolute Gasteiger partial charge is 0.325 e. The van der Waals surface area contributed by atoms with Crippen LogP contribution >= 0.6 is 0 Å². The van der Waals surface area contributed by atoms with E-state index in [1.165, 1.54) is 94.8 Å². The van der Waals surface area contributed by atoms with Crippen LogP contribution in [-0.4, -0.2) is 28.9 Å². The van der Waals surface area contributed by atoms with Crippen LogP contribution in [0, 0.1) is 0 Å². The molecule has 0 aromatic rings. The van der Waals surface area contributed by atoms with Gasteiger partial charge >= 0.3 is 6.03 Å². The Balaban J connectivity index is 1.82. The fourth-order valence-electron chi connectivity index (χ4n) is 3.84. The Morgan fingerprint density at radius 3 is 1.37 bits per heavy atom. The number of hydrogen-bond donors (Lipinski definition) is 1. The second-order valence-electron chi connectivity index (χ2n) is 8.82. The van der Waals surface area contributed by atoms with Gasteiger partial charge in [0, 0.05) is 6.54 Å². The molecule has 0 aromatic carbocycles. The molecule has 0 spiro atoms. The van der Waals surface area contributed by atoms with Gasteiger partial charge in [0.2, 0.25) is 0 Å². The number of amides is 3. The molecule has 27 heavy (non-hydrogen) atoms. The van der Waals surface area contributed by atoms with E-state index in [1.54, 1.807) is 13.8 Å². The van der Waals surface area contributed by atoms with Crippen molar-refractivity contribution in [3.63, 3.8) is 0 Å². The number of carbonyl (C=O) groups excluding carboxylic acids is 2. The Hall–Kier alpha value is -1.06. The van der Waals surface area contributed by atoms with E-state index in [0.29, 0.717) is 6.54 Å². The Morgan fingerprint density at radius 2 is 1.04 bits per heavy atom. The predicted octanol–water partition coefficient (Wildman–Crippen LogP) is 6.58. The number of carbonyl (C=O) groups is 2. The fraction of sp³-hybridized carbons (Fsp3) is 0.913. The first-order valence-electron chi connectivity index (χ1n) is 11.6. The molecule has 3 amide bonds. The summed E-state index contributed by atoms with van der Waals surface area (Å²) in [6.45, 7) is 6.37. The molecule has 1 aliphatic rings. The van der Waals surface area contributed by atoms with Crippen molar-refractivity contribution in [3.8, 4) is 0 Å². The molecular formula is C23H44N2O2. The maximum Gasteiger partial charge on any atom is 0.325 e. The van der Waals surface area contributed by atoms with Crippen LogP contribution in [0.25, 0.3) is 0 Å². The molecule has 0 bridgehead atoms. The third-order valence-corrected chi connectivity index (χ3v) is 5.68. The molecule has 1 rings (SSSR count). The average molecular weight is 381 g/mol. The van der Waals surface area contributed by atoms with E-state index >= 15 is 0 Å². The molecule has 0 aliphatic carbocycles. The molecule has 1 N–H and O–H groups in total. The standard InChI is InChI=1S/C23H44N2O2/c1-4-5-6-7-8-9-10-11-12-13-14-15-16-17-18-19-20-25-21(26)23(2,3)24-22(25)27/h4-20H2,1-3H3,(H,24,27). The van der Waals surface area contributed by atoms with Crippen molar-refractivity contribution in [2.75, 3.05) is 6.54 Å². The number of hydrogen-bond acceptors (Lipinski definition) is 2. The molecule has 0 saturated carbocycles. The molecule has 1 fully saturated rings. The van der Waals surface area contributed by atoms with Crippen LogP contribution in [0.5, 0.6) is 0 Å². The summed E-state index contributed by atoms with van der Waals surface area (Å²) in [5.74, 6) is -0.0894. The molecule has 4 heteroatoms. The summed E-state index contributed by atoms with van der Waals surface area (Å²) >= 11 is 0. The molecule has 0 radical (unpaired) electrons. The van der Waals surface area contributed by atoms with E-state index in [1.807, 2.05) is 0 Å². The monoisotopic (exact) mass is 380 g/mol. The quantitative estimate of drug-likeness (QED) is 0.229. The first-order chi connectivity index (χ1) is 13.0. The van der Waals surface area contributed by atoms with Crippen LogP contribution in [0.3, 0.4) is 0 Å². The normalized spacial score (nSPS) is 16.2. The highest BCUT2D eigenvalue weighted by molar-refractivity contribution is 6.06. The van der Waals surface area contributed by atoms with Gasteiger partial charge in [-0.15, -0.1) is 0 Å². The van der Waals surface area contributed by atoms with Crippen LogP contribution < -0.4 is 5.32 Å². The molecule has 1 saturated heterocycles. The number of urea groups is 1. The van der Waals surface area contributed by atoms with Gasteiger partial charge in [-0.3, -0.25) is 9.69 Å². The first-order valence-corrected chi connectivity index (χ1v) is 11.6. The fourth-order valence-corrected chi connectivity index (χ4v) is 3.84. The molecule has 0 unspecified atom stereocenters. The van der Waals surface area contributed by atoms with Crippen molar-refractivity contribution < 1.29 is 9.59 Å². The Morgan fingerprint density at radius 1 is 0.667 bits per heavy atom. The van der Waals surface area contributed by atoms with Crippen molar-refractivity contribution in [3.05, 3.63) is 0 Å². The van der Waals surface area contributed by atoms with Crippen LogP contribution in [0.2, 0.25) is 0 Å². The Kier molecular flexibility index (Phi) is 12.4. The van der Waals surface area contributed by atoms with E-state index < -0.39 is 5.54 Å². The van der Waals surface area contributed by atoms with Crippen LogP contribution in [0.4, 0.5) is 4.79 Å². The summed E-state index contributed by atoms with van der Waals surface area (Å²) in [5, 5.41) is 2.74. The van der Waals surface area contributed by atoms with E-state index in [4.69, 9.17) is 0 Å². The maximum atomic E-state index is 12.1. The SMILES string of the molecule is CCCCCCCCCCCCCCCCCCN1C(=O)NC(C)(C)C1=O. The highest BCUT2D eigenvalue weighted by atomic mass is 16.2. The second-order valence-corrected chi connectivity index (χ2v) is 8.82. The number of rotatable bonds is 17. The van der Waals surface area contributed by atoms with Crippen molar-refractivity contribution in [1.82, 2.24) is 10.2 Å². The third kappa shape index (κ3) is 10.2. The van der Waals surface area contributed by atoms with Gasteiger partial charge in [-0.2, -0.15) is 0 Å². The zero-order valence-electron chi connectivity index (χ0n) is 18.3. The predicted molar refractivity (Wildman–Crippen MR) is 114 cm³/mol. The van der Waals surface area contributed by atoms with Gasteiger partial charge in [-0.05, 0) is 20.3 Å². The van der Waals surface area contributed by atoms with Gasteiger partial charge in [-0.25, -0.2) is 4.79 Å². The average Bonchev–Trinajstić information content (AvgIpc) is 2.82. The highest BCUT2D eigenvalue weighted by Crippen LogP contribution is 2.18. The lowest BCUT2D eigenvalue weighted by molar-refractivity contribution is -0.130. The number of imide groups is 1. The molecule has 1 heterocycles. The summed E-state index contributed by atoms with van der Waals surface area (Å²) in [7, 11) is 0. The summed E-state index contributed by atoms with van der Waals surface area (Å²) in [6, 6.07) is -0.231. The van der Waals surface area contributed by atoms with Gasteiger partial charge in [0.1, 0.15) is 5.54 Å². The minimum Gasteiger partial charge on any atom is -0.324 e. The van der Waals surface area contributed by atoms with E-state index in [2.05, 4.69) is 12.2 Å². The Labute approximate surface area is 167 Å². The molecule has 0 aromatic heterocycles. The van der Waals surface area contributed by atoms with Gasteiger partial charge in [-0.1, -0.05) is 103 Å². The minimum absolute atomic E-state index is 0.0894. The molecule has 158 valence electrons. The third-order valence-electron chi connectivity index (χ3n) is 5.68. The molecular weight excluding hydrogens is 336 g/mol. The number of unbranched alkanes of at least 4 members (excludes halogenated alkanes) is 15. The zero-order valence-corrected chi connectivity index (χ0v) is 18.3. The van der Waals surface area contributed by atoms with E-state index in [0.717, 1.165) is 12.8 Å². The smallest absolute Gasteiger partial charge is 0.324 e. The molecule has 4 nitrogen and oxygen atoms in total. The van der Waals surface area contributed by atoms with Crippen LogP contribution in [-0.2, 0) is 4.79 Å². The number of nitrogens with zero attached hydrogens (tertiary/aromatic N) is 1.